The van der Waals surface area contributed by atoms with Gasteiger partial charge in [-0.25, -0.2) is 9.78 Å². The highest BCUT2D eigenvalue weighted by Gasteiger charge is 2.28. The average Bonchev–Trinajstić information content (AvgIpc) is 3.23. The molecular weight excluding hydrogens is 368 g/mol. The molecule has 8 heteroatoms. The number of likely N-dealkylation sites (tertiary alicyclic amines) is 1. The van der Waals surface area contributed by atoms with E-state index in [-0.39, 0.29) is 17.9 Å². The molecule has 148 valence electrons. The van der Waals surface area contributed by atoms with Crippen molar-refractivity contribution in [3.05, 3.63) is 72.2 Å². The summed E-state index contributed by atoms with van der Waals surface area (Å²) < 4.78 is 0. The van der Waals surface area contributed by atoms with Crippen LogP contribution in [-0.4, -0.2) is 45.1 Å². The molecule has 1 aromatic carbocycles. The normalized spacial score (nSPS) is 16.3. The number of piperidine rings is 1. The van der Waals surface area contributed by atoms with Gasteiger partial charge in [0, 0.05) is 30.8 Å². The first-order valence-corrected chi connectivity index (χ1v) is 9.57. The second kappa shape index (κ2) is 8.55. The topological polar surface area (TPSA) is 103 Å². The summed E-state index contributed by atoms with van der Waals surface area (Å²) in [5, 5.41) is 12.9. The lowest BCUT2D eigenvalue weighted by Gasteiger charge is -2.32. The van der Waals surface area contributed by atoms with Crippen LogP contribution in [0.25, 0.3) is 0 Å². The molecule has 8 nitrogen and oxygen atoms in total. The lowest BCUT2D eigenvalue weighted by atomic mass is 9.94. The van der Waals surface area contributed by atoms with E-state index in [2.05, 4.69) is 25.8 Å². The van der Waals surface area contributed by atoms with E-state index in [1.165, 1.54) is 0 Å². The Morgan fingerprint density at radius 2 is 1.90 bits per heavy atom. The van der Waals surface area contributed by atoms with Crippen LogP contribution in [0.15, 0.2) is 60.9 Å². The molecule has 0 spiro atoms. The van der Waals surface area contributed by atoms with E-state index >= 15 is 0 Å². The lowest BCUT2D eigenvalue weighted by molar-refractivity contribution is 0.102. The van der Waals surface area contributed by atoms with Crippen molar-refractivity contribution >= 4 is 23.4 Å². The molecule has 3 N–H and O–H groups in total. The second-order valence-corrected chi connectivity index (χ2v) is 6.95. The zero-order valence-corrected chi connectivity index (χ0v) is 15.8. The van der Waals surface area contributed by atoms with Gasteiger partial charge in [0.2, 0.25) is 0 Å². The summed E-state index contributed by atoms with van der Waals surface area (Å²) in [6.07, 6.45) is 5.03. The van der Waals surface area contributed by atoms with E-state index in [0.717, 1.165) is 18.5 Å². The number of H-pyrrole nitrogens is 1. The van der Waals surface area contributed by atoms with E-state index in [9.17, 15) is 9.59 Å². The third-order valence-corrected chi connectivity index (χ3v) is 4.97. The second-order valence-electron chi connectivity index (χ2n) is 6.95. The average molecular weight is 390 g/mol. The van der Waals surface area contributed by atoms with Crippen molar-refractivity contribution in [2.75, 3.05) is 23.7 Å². The molecule has 4 rings (SSSR count). The number of benzene rings is 1. The minimum Gasteiger partial charge on any atom is -0.324 e. The zero-order chi connectivity index (χ0) is 20.1. The summed E-state index contributed by atoms with van der Waals surface area (Å²) in [6.45, 7) is 1.21. The summed E-state index contributed by atoms with van der Waals surface area (Å²) in [5.41, 5.74) is 2.07. The number of amides is 3. The van der Waals surface area contributed by atoms with Crippen LogP contribution in [0.1, 0.15) is 34.8 Å². The van der Waals surface area contributed by atoms with Gasteiger partial charge in [-0.3, -0.25) is 15.2 Å². The summed E-state index contributed by atoms with van der Waals surface area (Å²) in [5.74, 6) is 0.401. The van der Waals surface area contributed by atoms with Gasteiger partial charge in [-0.1, -0.05) is 24.3 Å². The number of urea groups is 1. The van der Waals surface area contributed by atoms with Crippen LogP contribution < -0.4 is 10.6 Å². The van der Waals surface area contributed by atoms with E-state index in [1.807, 2.05) is 24.3 Å². The number of aromatic nitrogens is 3. The summed E-state index contributed by atoms with van der Waals surface area (Å²) >= 11 is 0. The number of hydrogen-bond donors (Lipinski definition) is 3. The van der Waals surface area contributed by atoms with Crippen LogP contribution in [0.4, 0.5) is 16.3 Å². The van der Waals surface area contributed by atoms with Crippen molar-refractivity contribution < 1.29 is 9.59 Å². The fraction of sp³-hybridized carbons (Fsp3) is 0.238. The molecule has 29 heavy (non-hydrogen) atoms. The molecule has 1 fully saturated rings. The Morgan fingerprint density at radius 3 is 2.69 bits per heavy atom. The molecule has 0 saturated carbocycles. The van der Waals surface area contributed by atoms with Gasteiger partial charge in [0.25, 0.3) is 5.91 Å². The molecule has 1 atom stereocenters. The highest BCUT2D eigenvalue weighted by molar-refractivity contribution is 6.04. The van der Waals surface area contributed by atoms with Gasteiger partial charge >= 0.3 is 6.03 Å². The first-order chi connectivity index (χ1) is 14.2. The van der Waals surface area contributed by atoms with Gasteiger partial charge in [0.05, 0.1) is 17.6 Å². The Kier molecular flexibility index (Phi) is 5.51. The number of anilines is 2. The minimum absolute atomic E-state index is 0.0619. The molecule has 3 amide bonds. The molecular formula is C21H22N6O2. The van der Waals surface area contributed by atoms with Crippen LogP contribution in [0, 0.1) is 0 Å². The first-order valence-electron chi connectivity index (χ1n) is 9.57. The standard InChI is InChI=1S/C21H22N6O2/c28-20(15-7-2-1-3-8-15)24-17-13-23-26-19(17)16-9-6-12-27(14-16)21(29)25-18-10-4-5-11-22-18/h1-5,7-8,10-11,13,16H,6,9,12,14H2,(H,23,26)(H,24,28)(H,22,25,29)/t16-/m0/s1. The highest BCUT2D eigenvalue weighted by atomic mass is 16.2. The SMILES string of the molecule is O=C(Nc1cn[nH]c1[C@H]1CCCN(C(=O)Nc2ccccn2)C1)c1ccccc1. The monoisotopic (exact) mass is 390 g/mol. The van der Waals surface area contributed by atoms with Gasteiger partial charge in [0.1, 0.15) is 5.82 Å². The molecule has 0 bridgehead atoms. The largest absolute Gasteiger partial charge is 0.324 e. The van der Waals surface area contributed by atoms with Crippen molar-refractivity contribution in [3.8, 4) is 0 Å². The van der Waals surface area contributed by atoms with Crippen LogP contribution in [0.5, 0.6) is 0 Å². The van der Waals surface area contributed by atoms with Gasteiger partial charge in [-0.2, -0.15) is 5.10 Å². The third kappa shape index (κ3) is 4.43. The van der Waals surface area contributed by atoms with E-state index in [1.54, 1.807) is 41.6 Å². The third-order valence-electron chi connectivity index (χ3n) is 4.97. The summed E-state index contributed by atoms with van der Waals surface area (Å²) in [6, 6.07) is 14.2. The number of aromatic amines is 1. The highest BCUT2D eigenvalue weighted by Crippen LogP contribution is 2.30. The van der Waals surface area contributed by atoms with E-state index in [4.69, 9.17) is 0 Å². The number of hydrogen-bond acceptors (Lipinski definition) is 4. The molecule has 3 aromatic rings. The summed E-state index contributed by atoms with van der Waals surface area (Å²) in [4.78, 5) is 31.0. The number of pyridine rings is 1. The number of nitrogens with one attached hydrogen (secondary N) is 3. The maximum Gasteiger partial charge on any atom is 0.323 e. The molecule has 2 aromatic heterocycles. The smallest absolute Gasteiger partial charge is 0.323 e. The Balaban J connectivity index is 1.43. The lowest BCUT2D eigenvalue weighted by Crippen LogP contribution is -2.42. The Labute approximate surface area is 168 Å². The van der Waals surface area contributed by atoms with Gasteiger partial charge in [-0.05, 0) is 37.1 Å². The van der Waals surface area contributed by atoms with Crippen molar-refractivity contribution in [3.63, 3.8) is 0 Å². The maximum absolute atomic E-state index is 12.6. The molecule has 3 heterocycles. The van der Waals surface area contributed by atoms with Gasteiger partial charge < -0.3 is 10.2 Å². The quantitative estimate of drug-likeness (QED) is 0.635. The number of carbonyl (C=O) groups is 2. The Morgan fingerprint density at radius 1 is 1.07 bits per heavy atom. The molecule has 0 aliphatic carbocycles. The van der Waals surface area contributed by atoms with Crippen molar-refractivity contribution in [1.29, 1.82) is 0 Å². The van der Waals surface area contributed by atoms with Crippen LogP contribution in [0.2, 0.25) is 0 Å². The summed E-state index contributed by atoms with van der Waals surface area (Å²) in [7, 11) is 0. The molecule has 1 saturated heterocycles. The number of rotatable bonds is 4. The Bertz CT molecular complexity index is 973. The predicted octanol–water partition coefficient (Wildman–Crippen LogP) is 3.47. The fourth-order valence-corrected chi connectivity index (χ4v) is 3.51. The van der Waals surface area contributed by atoms with Crippen molar-refractivity contribution in [2.24, 2.45) is 0 Å². The van der Waals surface area contributed by atoms with Crippen LogP contribution in [-0.2, 0) is 0 Å². The number of nitrogens with zero attached hydrogens (tertiary/aromatic N) is 3. The first kappa shape index (κ1) is 18.7. The molecule has 1 aliphatic rings. The zero-order valence-electron chi connectivity index (χ0n) is 15.8. The molecule has 0 unspecified atom stereocenters. The van der Waals surface area contributed by atoms with Crippen molar-refractivity contribution in [1.82, 2.24) is 20.1 Å². The molecule has 1 aliphatic heterocycles. The van der Waals surface area contributed by atoms with E-state index < -0.39 is 0 Å². The number of carbonyl (C=O) groups excluding carboxylic acids is 2. The van der Waals surface area contributed by atoms with Crippen molar-refractivity contribution in [2.45, 2.75) is 18.8 Å². The fourth-order valence-electron chi connectivity index (χ4n) is 3.51. The van der Waals surface area contributed by atoms with Crippen LogP contribution >= 0.6 is 0 Å². The van der Waals surface area contributed by atoms with E-state index in [0.29, 0.717) is 30.2 Å². The van der Waals surface area contributed by atoms with Gasteiger partial charge in [0.15, 0.2) is 0 Å². The maximum atomic E-state index is 12.6. The Hall–Kier alpha value is -3.68. The molecule has 0 radical (unpaired) electrons. The minimum atomic E-state index is -0.186. The predicted molar refractivity (Wildman–Crippen MR) is 110 cm³/mol. The van der Waals surface area contributed by atoms with Gasteiger partial charge in [-0.15, -0.1) is 0 Å². The van der Waals surface area contributed by atoms with Crippen LogP contribution in [0.3, 0.4) is 0 Å².